The number of aliphatic hydroxyl groups is 6. The van der Waals surface area contributed by atoms with Gasteiger partial charge in [-0.05, 0) is 136 Å². The second kappa shape index (κ2) is 38.7. The van der Waals surface area contributed by atoms with Crippen molar-refractivity contribution < 1.29 is 118 Å². The van der Waals surface area contributed by atoms with Crippen LogP contribution in [0.5, 0.6) is 46.0 Å². The summed E-state index contributed by atoms with van der Waals surface area (Å²) in [4.78, 5) is 118. The number of hydrogen-bond acceptors (Lipinski definition) is 27. The second-order valence-electron chi connectivity index (χ2n) is 30.1. The van der Waals surface area contributed by atoms with Crippen LogP contribution in [0.3, 0.4) is 0 Å². The zero-order valence-corrected chi connectivity index (χ0v) is 65.5. The Morgan fingerprint density at radius 1 is 0.678 bits per heavy atom. The van der Waals surface area contributed by atoms with E-state index < -0.39 is 231 Å². The van der Waals surface area contributed by atoms with E-state index in [0.29, 0.717) is 13.1 Å². The summed E-state index contributed by atoms with van der Waals surface area (Å²) in [5.74, 6) is -15.7. The van der Waals surface area contributed by atoms with Crippen molar-refractivity contribution in [3.8, 4) is 57.1 Å². The molecule has 626 valence electrons. The number of ether oxygens (including phenoxy) is 6. The van der Waals surface area contributed by atoms with Gasteiger partial charge in [-0.2, -0.15) is 0 Å². The van der Waals surface area contributed by atoms with Crippen LogP contribution in [-0.2, 0) is 52.6 Å². The monoisotopic (exact) mass is 1650 g/mol. The first kappa shape index (κ1) is 88.1. The van der Waals surface area contributed by atoms with Gasteiger partial charge in [0.05, 0.1) is 40.8 Å². The first-order chi connectivity index (χ1) is 54.6. The van der Waals surface area contributed by atoms with Crippen molar-refractivity contribution >= 4 is 70.5 Å². The fourth-order valence-corrected chi connectivity index (χ4v) is 15.1. The van der Waals surface area contributed by atoms with E-state index in [1.165, 1.54) is 25.2 Å². The van der Waals surface area contributed by atoms with Crippen LogP contribution >= 0.6 is 23.2 Å². The largest absolute Gasteiger partial charge is 0.508 e. The van der Waals surface area contributed by atoms with Gasteiger partial charge in [-0.15, -0.1) is 0 Å². The molecule has 7 amide bonds. The lowest BCUT2D eigenvalue weighted by atomic mass is 9.85. The third-order valence-corrected chi connectivity index (χ3v) is 21.4. The summed E-state index contributed by atoms with van der Waals surface area (Å²) in [7, 11) is 1.48. The minimum atomic E-state index is -2.34. The number of nitrogens with one attached hydrogen (secondary N) is 9. The molecule has 0 spiro atoms. The Kier molecular flexibility index (Phi) is 29.6. The summed E-state index contributed by atoms with van der Waals surface area (Å²) < 4.78 is 39.7. The number of phenolic OH excluding ortho intramolecular Hbond substituents is 3. The number of primary amides is 1. The van der Waals surface area contributed by atoms with Crippen molar-refractivity contribution in [2.45, 2.75) is 214 Å². The number of aliphatic carboxylic acids is 1. The SMILES string of the molecule is CN[C@H](CC(C)C)C(=O)N[C@H]1C(=O)N[C@@H](CC(N)=O)C(=O)N[C@H]2C(=O)N[C@H]3C(=O)N[C@H](C(=O)N[C@H](C(=O)O)c4cc(O)cc(O)c4-c4cc3ccc4O)[C@H](O)c3ccc(c(Cl)c3)Oc3cc2cc(c3O[C@@H]2O[C@H](CN)[C@@H](O)[C@H](O)[C@H]2O[C@H]2C[C@](C)(NCCNCCCCCCCCC(C)O)[C@H](O)[C@H](C)O2)Oc2ccc(cc2Cl)[C@H]1O. The van der Waals surface area contributed by atoms with Gasteiger partial charge in [-0.3, -0.25) is 33.6 Å². The average Bonchev–Trinajstić information content (AvgIpc) is 0.769. The molecule has 1 unspecified atom stereocenters. The number of aliphatic hydroxyl groups excluding tert-OH is 6. The van der Waals surface area contributed by atoms with Crippen LogP contribution < -0.4 is 73.5 Å². The summed E-state index contributed by atoms with van der Waals surface area (Å²) in [5.41, 5.74) is 8.13. The zero-order chi connectivity index (χ0) is 83.6. The van der Waals surface area contributed by atoms with E-state index in [9.17, 15) is 75.0 Å². The molecule has 35 nitrogen and oxygen atoms in total. The number of rotatable bonds is 26. The van der Waals surface area contributed by atoms with Crippen LogP contribution in [0.15, 0.2) is 78.9 Å². The number of nitrogens with two attached hydrogens (primary N) is 2. The number of hydrogen-bond donors (Lipinski definition) is 21. The quantitative estimate of drug-likeness (QED) is 0.0353. The Bertz CT molecular complexity index is 4370. The number of unbranched alkanes of at least 4 members (excludes halogenated alkanes) is 5. The van der Waals surface area contributed by atoms with E-state index in [1.54, 1.807) is 20.8 Å². The van der Waals surface area contributed by atoms with Crippen LogP contribution in [-0.4, -0.2) is 217 Å². The molecule has 0 aliphatic carbocycles. The molecule has 0 radical (unpaired) electrons. The Morgan fingerprint density at radius 3 is 1.91 bits per heavy atom. The van der Waals surface area contributed by atoms with Gasteiger partial charge < -0.3 is 139 Å². The number of carbonyl (C=O) groups excluding carboxylic acids is 7. The number of carbonyl (C=O) groups is 8. The fraction of sp³-hybridized carbons (Fsp3) is 0.513. The molecule has 7 aliphatic heterocycles. The molecule has 23 N–H and O–H groups in total. The van der Waals surface area contributed by atoms with Crippen LogP contribution in [0.2, 0.25) is 10.0 Å². The number of aromatic hydroxyl groups is 3. The maximum atomic E-state index is 16.2. The van der Waals surface area contributed by atoms with Crippen molar-refractivity contribution in [3.05, 3.63) is 117 Å². The molecule has 12 rings (SSSR count). The lowest BCUT2D eigenvalue weighted by molar-refractivity contribution is -0.331. The minimum absolute atomic E-state index is 0.0978. The van der Waals surface area contributed by atoms with Gasteiger partial charge in [0.1, 0.15) is 89.5 Å². The molecular weight excluding hydrogens is 1550 g/mol. The normalized spacial score (nSPS) is 27.6. The third kappa shape index (κ3) is 21.1. The highest BCUT2D eigenvalue weighted by atomic mass is 35.5. The second-order valence-corrected chi connectivity index (χ2v) is 30.9. The van der Waals surface area contributed by atoms with E-state index in [1.807, 2.05) is 13.8 Å². The van der Waals surface area contributed by atoms with E-state index in [4.69, 9.17) is 63.1 Å². The lowest BCUT2D eigenvalue weighted by Gasteiger charge is -2.48. The van der Waals surface area contributed by atoms with Crippen LogP contribution in [0, 0.1) is 5.92 Å². The lowest BCUT2D eigenvalue weighted by Crippen LogP contribution is -2.66. The van der Waals surface area contributed by atoms with Gasteiger partial charge in [-0.25, -0.2) is 4.79 Å². The molecular formula is C78H101Cl2N11O24. The number of phenols is 3. The number of benzene rings is 5. The molecule has 11 bridgehead atoms. The first-order valence-electron chi connectivity index (χ1n) is 38.0. The van der Waals surface area contributed by atoms with Crippen molar-refractivity contribution in [1.82, 2.24) is 47.9 Å². The topological polar surface area (TPSA) is 555 Å². The number of carboxylic acids is 1. The number of likely N-dealkylation sites (N-methyl/N-ethyl adjacent to an activating group) is 1. The Morgan fingerprint density at radius 2 is 1.30 bits per heavy atom. The summed E-state index contributed by atoms with van der Waals surface area (Å²) in [6, 6.07) is -0.314. The molecule has 2 saturated heterocycles. The van der Waals surface area contributed by atoms with Gasteiger partial charge in [0, 0.05) is 54.4 Å². The molecule has 2 fully saturated rings. The molecule has 0 saturated carbocycles. The first-order valence-corrected chi connectivity index (χ1v) is 38.7. The highest BCUT2D eigenvalue weighted by molar-refractivity contribution is 6.32. The van der Waals surface area contributed by atoms with E-state index >= 15 is 14.4 Å². The van der Waals surface area contributed by atoms with Crippen molar-refractivity contribution in [1.29, 1.82) is 0 Å². The highest BCUT2D eigenvalue weighted by Gasteiger charge is 2.52. The summed E-state index contributed by atoms with van der Waals surface area (Å²) in [6.45, 7) is 9.93. The number of fused-ring (bicyclic) bond motifs is 15. The molecule has 19 atom stereocenters. The van der Waals surface area contributed by atoms with Gasteiger partial charge in [0.2, 0.25) is 53.4 Å². The molecule has 115 heavy (non-hydrogen) atoms. The summed E-state index contributed by atoms with van der Waals surface area (Å²) in [5, 5.41) is 139. The van der Waals surface area contributed by atoms with Gasteiger partial charge in [-0.1, -0.05) is 87.4 Å². The molecule has 37 heteroatoms. The van der Waals surface area contributed by atoms with Gasteiger partial charge >= 0.3 is 5.97 Å². The van der Waals surface area contributed by atoms with Crippen molar-refractivity contribution in [2.24, 2.45) is 17.4 Å². The predicted molar refractivity (Wildman–Crippen MR) is 412 cm³/mol. The maximum Gasteiger partial charge on any atom is 0.330 e. The van der Waals surface area contributed by atoms with E-state index in [2.05, 4.69) is 47.9 Å². The molecule has 0 aromatic heterocycles. The number of halogens is 2. The summed E-state index contributed by atoms with van der Waals surface area (Å²) >= 11 is 14.3. The van der Waals surface area contributed by atoms with Gasteiger partial charge in [0.25, 0.3) is 0 Å². The van der Waals surface area contributed by atoms with Crippen molar-refractivity contribution in [3.63, 3.8) is 0 Å². The molecule has 7 heterocycles. The fourth-order valence-electron chi connectivity index (χ4n) is 14.6. The third-order valence-electron chi connectivity index (χ3n) is 20.8. The van der Waals surface area contributed by atoms with E-state index in [0.717, 1.165) is 112 Å². The Hall–Kier alpha value is -9.28. The smallest absolute Gasteiger partial charge is 0.330 e. The molecule has 7 aliphatic rings. The molecule has 5 aromatic carbocycles. The maximum absolute atomic E-state index is 16.2. The standard InChI is InChI=1S/C78H101Cl2N11O24/c1-34(2)23-46(83-6)70(102)90-61-63(97)38-15-18-50(44(79)25-38)111-52-27-40-28-53(67(52)115-77-68(66(100)65(99)54(33-81)113-77)114-56-32-78(5,69(101)36(4)110-56)85-22-21-84-20-12-10-8-7-9-11-13-35(3)92)112-51-19-16-39(26-45(51)80)64(98)62-75(107)89-60(76(108)109)43-29-41(93)30-49(95)57(43)42-24-37(14-17-48(42)94)58(72(104)91-62)88-73(105)59(40)87-71(103)47(31-55(82)96)86-74(61)106/h14-19,24-30,34-36,46-47,54,56,58-66,68-69,77,83-85,92-95,97-101H,7-13,20-23,31-33,81H2,1-6H3,(H2,82,96)(H,86,106)(H,87,103)(H,88,105)(H,89,107)(H,90,102)(H,91,104)(H,108,109)/t35?,36-,46+,47-,54+,56-,58+,59+,60-,61+,62-,63+,64+,65+,66-,68+,69+,77-,78-/m0/s1. The average molecular weight is 1650 g/mol. The van der Waals surface area contributed by atoms with Crippen LogP contribution in [0.4, 0.5) is 0 Å². The highest BCUT2D eigenvalue weighted by Crippen LogP contribution is 2.50. The predicted octanol–water partition coefficient (Wildman–Crippen LogP) is 2.40. The minimum Gasteiger partial charge on any atom is -0.508 e. The van der Waals surface area contributed by atoms with E-state index in [-0.39, 0.29) is 58.1 Å². The summed E-state index contributed by atoms with van der Waals surface area (Å²) in [6.07, 6.45) is -11.1. The zero-order valence-electron chi connectivity index (χ0n) is 64.0. The van der Waals surface area contributed by atoms with Crippen molar-refractivity contribution in [2.75, 3.05) is 33.2 Å². The number of carboxylic acid groups (broad SMARTS) is 1. The number of amides is 7. The Labute approximate surface area is 671 Å². The Balaban J connectivity index is 1.14. The molecule has 5 aromatic rings. The van der Waals surface area contributed by atoms with Gasteiger partial charge in [0.15, 0.2) is 29.9 Å². The van der Waals surface area contributed by atoms with Crippen LogP contribution in [0.1, 0.15) is 157 Å². The van der Waals surface area contributed by atoms with Crippen LogP contribution in [0.25, 0.3) is 11.1 Å².